The minimum atomic E-state index is -0.444. The number of likely N-dealkylation sites (tertiary alicyclic amines) is 1. The lowest BCUT2D eigenvalue weighted by atomic mass is 9.91. The van der Waals surface area contributed by atoms with E-state index in [0.717, 1.165) is 42.6 Å². The van der Waals surface area contributed by atoms with E-state index in [4.69, 9.17) is 0 Å². The molecule has 1 aliphatic heterocycles. The molecule has 0 spiro atoms. The Morgan fingerprint density at radius 2 is 1.55 bits per heavy atom. The summed E-state index contributed by atoms with van der Waals surface area (Å²) >= 11 is 0. The van der Waals surface area contributed by atoms with E-state index in [2.05, 4.69) is 48.3 Å². The van der Waals surface area contributed by atoms with Gasteiger partial charge in [0.25, 0.3) is 5.69 Å². The van der Waals surface area contributed by atoms with Gasteiger partial charge in [0.1, 0.15) is 0 Å². The van der Waals surface area contributed by atoms with Crippen molar-refractivity contribution >= 4 is 11.6 Å². The Kier molecular flexibility index (Phi) is 6.99. The second kappa shape index (κ2) is 9.65. The van der Waals surface area contributed by atoms with E-state index >= 15 is 0 Å². The van der Waals surface area contributed by atoms with Crippen LogP contribution < -0.4 is 5.32 Å². The molecule has 1 heterocycles. The van der Waals surface area contributed by atoms with Crippen molar-refractivity contribution in [2.24, 2.45) is 11.8 Å². The van der Waals surface area contributed by atoms with Gasteiger partial charge in [-0.25, -0.2) is 0 Å². The van der Waals surface area contributed by atoms with Crippen molar-refractivity contribution in [3.05, 3.63) is 75.3 Å². The largest absolute Gasteiger partial charge is 0.352 e. The van der Waals surface area contributed by atoms with Gasteiger partial charge in [-0.15, -0.1) is 0 Å². The maximum Gasteiger partial charge on any atom is 0.269 e. The number of amides is 1. The molecule has 1 N–H and O–H groups in total. The average Bonchev–Trinajstić information content (AvgIpc) is 2.67. The van der Waals surface area contributed by atoms with E-state index < -0.39 is 4.92 Å². The summed E-state index contributed by atoms with van der Waals surface area (Å²) in [6.45, 7) is 8.41. The van der Waals surface area contributed by atoms with Crippen LogP contribution in [0.25, 0.3) is 0 Å². The molecule has 0 radical (unpaired) electrons. The van der Waals surface area contributed by atoms with Gasteiger partial charge in [0.2, 0.25) is 5.91 Å². The van der Waals surface area contributed by atoms with Crippen LogP contribution in [-0.2, 0) is 24.3 Å². The molecule has 2 aromatic rings. The van der Waals surface area contributed by atoms with Crippen molar-refractivity contribution in [2.45, 2.75) is 39.8 Å². The van der Waals surface area contributed by atoms with Crippen molar-refractivity contribution in [3.8, 4) is 0 Å². The topological polar surface area (TPSA) is 75.5 Å². The number of nitrogens with zero attached hydrogens (tertiary/aromatic N) is 2. The lowest BCUT2D eigenvalue weighted by Crippen LogP contribution is -2.38. The van der Waals surface area contributed by atoms with Crippen LogP contribution in [0.2, 0.25) is 0 Å². The quantitative estimate of drug-likeness (QED) is 0.569. The number of rotatable bonds is 7. The van der Waals surface area contributed by atoms with Crippen molar-refractivity contribution < 1.29 is 9.72 Å². The highest BCUT2D eigenvalue weighted by molar-refractivity contribution is 5.78. The Morgan fingerprint density at radius 3 is 2.14 bits per heavy atom. The molecular weight excluding hydrogens is 366 g/mol. The van der Waals surface area contributed by atoms with Gasteiger partial charge in [-0.05, 0) is 34.9 Å². The van der Waals surface area contributed by atoms with Crippen LogP contribution in [0.5, 0.6) is 0 Å². The Labute approximate surface area is 172 Å². The van der Waals surface area contributed by atoms with Crippen molar-refractivity contribution in [3.63, 3.8) is 0 Å². The molecular formula is C23H29N3O3. The maximum atomic E-state index is 12.1. The van der Waals surface area contributed by atoms with Crippen LogP contribution in [0.4, 0.5) is 5.69 Å². The molecule has 2 atom stereocenters. The lowest BCUT2D eigenvalue weighted by molar-refractivity contribution is -0.384. The number of carbonyl (C=O) groups is 1. The summed E-state index contributed by atoms with van der Waals surface area (Å²) in [5, 5.41) is 13.6. The summed E-state index contributed by atoms with van der Waals surface area (Å²) in [4.78, 5) is 24.9. The van der Waals surface area contributed by atoms with E-state index in [1.165, 1.54) is 24.1 Å². The highest BCUT2D eigenvalue weighted by Crippen LogP contribution is 2.22. The van der Waals surface area contributed by atoms with Gasteiger partial charge in [-0.2, -0.15) is 0 Å². The van der Waals surface area contributed by atoms with Crippen molar-refractivity contribution in [2.75, 3.05) is 13.1 Å². The highest BCUT2D eigenvalue weighted by atomic mass is 16.6. The fourth-order valence-electron chi connectivity index (χ4n) is 4.13. The zero-order valence-corrected chi connectivity index (χ0v) is 17.1. The summed E-state index contributed by atoms with van der Waals surface area (Å²) in [5.41, 5.74) is 3.15. The number of carbonyl (C=O) groups excluding carboxylic acids is 1. The normalized spacial score (nSPS) is 19.7. The number of hydrogen-bond donors (Lipinski definition) is 1. The summed E-state index contributed by atoms with van der Waals surface area (Å²) in [5.74, 6) is 1.41. The Hall–Kier alpha value is -2.73. The van der Waals surface area contributed by atoms with Gasteiger partial charge >= 0.3 is 0 Å². The first kappa shape index (κ1) is 21.0. The molecule has 1 fully saturated rings. The van der Waals surface area contributed by atoms with Gasteiger partial charge in [0.15, 0.2) is 0 Å². The molecule has 0 aliphatic carbocycles. The van der Waals surface area contributed by atoms with E-state index in [1.807, 2.05) is 0 Å². The number of nitro benzene ring substituents is 1. The van der Waals surface area contributed by atoms with Gasteiger partial charge < -0.3 is 5.32 Å². The molecule has 6 heteroatoms. The zero-order chi connectivity index (χ0) is 20.8. The second-order valence-electron chi connectivity index (χ2n) is 8.33. The number of nitrogens with one attached hydrogen (secondary N) is 1. The molecule has 154 valence electrons. The molecule has 0 bridgehead atoms. The third kappa shape index (κ3) is 6.39. The first-order chi connectivity index (χ1) is 13.9. The zero-order valence-electron chi connectivity index (χ0n) is 17.1. The minimum absolute atomic E-state index is 0.0303. The minimum Gasteiger partial charge on any atom is -0.352 e. The van der Waals surface area contributed by atoms with Gasteiger partial charge in [0.05, 0.1) is 11.3 Å². The van der Waals surface area contributed by atoms with Crippen LogP contribution in [-0.4, -0.2) is 28.8 Å². The van der Waals surface area contributed by atoms with Crippen molar-refractivity contribution in [1.82, 2.24) is 10.2 Å². The van der Waals surface area contributed by atoms with Crippen LogP contribution in [0.15, 0.2) is 48.5 Å². The van der Waals surface area contributed by atoms with Crippen LogP contribution in [0.1, 0.15) is 37.0 Å². The number of benzene rings is 2. The molecule has 1 saturated heterocycles. The van der Waals surface area contributed by atoms with E-state index in [1.54, 1.807) is 12.1 Å². The van der Waals surface area contributed by atoms with Gasteiger partial charge in [0, 0.05) is 38.3 Å². The third-order valence-corrected chi connectivity index (χ3v) is 5.38. The SMILES string of the molecule is CC1CC(C)CN(Cc2ccc(CNC(=O)Cc3ccc([N+](=O)[O-])cc3)cc2)C1. The summed E-state index contributed by atoms with van der Waals surface area (Å²) in [6, 6.07) is 14.5. The molecule has 0 aromatic heterocycles. The van der Waals surface area contributed by atoms with Crippen LogP contribution in [0, 0.1) is 22.0 Å². The van der Waals surface area contributed by atoms with E-state index in [-0.39, 0.29) is 18.0 Å². The number of piperidine rings is 1. The summed E-state index contributed by atoms with van der Waals surface area (Å²) < 4.78 is 0. The van der Waals surface area contributed by atoms with Crippen LogP contribution in [0.3, 0.4) is 0 Å². The molecule has 1 amide bonds. The fourth-order valence-corrected chi connectivity index (χ4v) is 4.13. The standard InChI is InChI=1S/C23H29N3O3/c1-17-11-18(2)15-25(14-17)16-21-5-3-20(4-6-21)13-24-23(27)12-19-7-9-22(10-8-19)26(28)29/h3-10,17-18H,11-16H2,1-2H3,(H,24,27). The monoisotopic (exact) mass is 395 g/mol. The summed E-state index contributed by atoms with van der Waals surface area (Å²) in [7, 11) is 0. The average molecular weight is 396 g/mol. The number of hydrogen-bond acceptors (Lipinski definition) is 4. The molecule has 29 heavy (non-hydrogen) atoms. The second-order valence-corrected chi connectivity index (χ2v) is 8.33. The maximum absolute atomic E-state index is 12.1. The fraction of sp³-hybridized carbons (Fsp3) is 0.435. The molecule has 2 unspecified atom stereocenters. The molecule has 1 aliphatic rings. The van der Waals surface area contributed by atoms with Gasteiger partial charge in [-0.1, -0.05) is 50.2 Å². The summed E-state index contributed by atoms with van der Waals surface area (Å²) in [6.07, 6.45) is 1.52. The first-order valence-corrected chi connectivity index (χ1v) is 10.2. The highest BCUT2D eigenvalue weighted by Gasteiger charge is 2.21. The molecule has 6 nitrogen and oxygen atoms in total. The number of non-ortho nitro benzene ring substituents is 1. The van der Waals surface area contributed by atoms with E-state index in [0.29, 0.717) is 6.54 Å². The number of nitro groups is 1. The van der Waals surface area contributed by atoms with E-state index in [9.17, 15) is 14.9 Å². The molecule has 3 rings (SSSR count). The molecule has 2 aromatic carbocycles. The van der Waals surface area contributed by atoms with Gasteiger partial charge in [-0.3, -0.25) is 19.8 Å². The predicted molar refractivity (Wildman–Crippen MR) is 113 cm³/mol. The van der Waals surface area contributed by atoms with Crippen molar-refractivity contribution in [1.29, 1.82) is 0 Å². The first-order valence-electron chi connectivity index (χ1n) is 10.2. The van der Waals surface area contributed by atoms with Crippen LogP contribution >= 0.6 is 0 Å². The Balaban J connectivity index is 1.45. The smallest absolute Gasteiger partial charge is 0.269 e. The molecule has 0 saturated carbocycles. The Bertz CT molecular complexity index is 823. The Morgan fingerprint density at radius 1 is 1.00 bits per heavy atom. The third-order valence-electron chi connectivity index (χ3n) is 5.38. The predicted octanol–water partition coefficient (Wildman–Crippen LogP) is 3.93. The lowest BCUT2D eigenvalue weighted by Gasteiger charge is -2.35.